The zero-order valence-corrected chi connectivity index (χ0v) is 18.0. The monoisotopic (exact) mass is 428 g/mol. The molecular weight excluding hydrogens is 404 g/mol. The van der Waals surface area contributed by atoms with E-state index in [0.717, 1.165) is 23.7 Å². The van der Waals surface area contributed by atoms with E-state index in [9.17, 15) is 4.79 Å². The van der Waals surface area contributed by atoms with Crippen LogP contribution in [-0.4, -0.2) is 49.5 Å². The molecule has 1 aliphatic heterocycles. The Morgan fingerprint density at radius 2 is 2.00 bits per heavy atom. The number of thiophene rings is 1. The van der Waals surface area contributed by atoms with E-state index in [1.54, 1.807) is 13.2 Å². The Kier molecular flexibility index (Phi) is 5.74. The Hall–Kier alpha value is -2.91. The van der Waals surface area contributed by atoms with Crippen molar-refractivity contribution in [3.8, 4) is 16.5 Å². The van der Waals surface area contributed by atoms with E-state index >= 15 is 0 Å². The van der Waals surface area contributed by atoms with Gasteiger partial charge in [-0.15, -0.1) is 21.5 Å². The summed E-state index contributed by atoms with van der Waals surface area (Å²) in [6.07, 6.45) is 0. The lowest BCUT2D eigenvalue weighted by Crippen LogP contribution is -2.41. The molecule has 3 heterocycles. The van der Waals surface area contributed by atoms with Crippen molar-refractivity contribution in [3.63, 3.8) is 0 Å². The smallest absolute Gasteiger partial charge is 0.257 e. The first-order valence-corrected chi connectivity index (χ1v) is 10.6. The van der Waals surface area contributed by atoms with Crippen LogP contribution in [0.3, 0.4) is 0 Å². The molecule has 0 bridgehead atoms. The quantitative estimate of drug-likeness (QED) is 0.644. The zero-order valence-electron chi connectivity index (χ0n) is 17.2. The van der Waals surface area contributed by atoms with Gasteiger partial charge in [0.05, 0.1) is 36.5 Å². The number of morpholine rings is 1. The lowest BCUT2D eigenvalue weighted by Gasteiger charge is -2.31. The second-order valence-electron chi connectivity index (χ2n) is 7.43. The van der Waals surface area contributed by atoms with Crippen molar-refractivity contribution in [1.82, 2.24) is 15.5 Å². The van der Waals surface area contributed by atoms with Gasteiger partial charge in [-0.25, -0.2) is 0 Å². The molecule has 1 N–H and O–H groups in total. The van der Waals surface area contributed by atoms with Gasteiger partial charge in [0, 0.05) is 13.1 Å². The predicted octanol–water partition coefficient (Wildman–Crippen LogP) is 3.31. The van der Waals surface area contributed by atoms with E-state index in [2.05, 4.69) is 20.4 Å². The molecule has 4 rings (SSSR count). The van der Waals surface area contributed by atoms with Crippen LogP contribution in [0.4, 0.5) is 5.69 Å². The maximum Gasteiger partial charge on any atom is 0.257 e. The number of rotatable bonds is 6. The van der Waals surface area contributed by atoms with E-state index in [-0.39, 0.29) is 5.91 Å². The Balaban J connectivity index is 1.57. The summed E-state index contributed by atoms with van der Waals surface area (Å²) in [7, 11) is 1.58. The minimum absolute atomic E-state index is 0.275. The number of benzene rings is 1. The molecule has 8 nitrogen and oxygen atoms in total. The number of anilines is 1. The Morgan fingerprint density at radius 1 is 1.20 bits per heavy atom. The molecular formula is C21H24N4O4S. The molecule has 0 aliphatic carbocycles. The van der Waals surface area contributed by atoms with E-state index in [1.165, 1.54) is 11.3 Å². The highest BCUT2D eigenvalue weighted by molar-refractivity contribution is 7.13. The van der Waals surface area contributed by atoms with Gasteiger partial charge in [-0.3, -0.25) is 4.79 Å². The molecule has 9 heteroatoms. The van der Waals surface area contributed by atoms with Crippen LogP contribution in [0.15, 0.2) is 40.1 Å². The number of amides is 1. The number of para-hydroxylation sites is 1. The second-order valence-corrected chi connectivity index (χ2v) is 8.37. The van der Waals surface area contributed by atoms with Gasteiger partial charge in [0.2, 0.25) is 5.89 Å². The van der Waals surface area contributed by atoms with Gasteiger partial charge < -0.3 is 24.1 Å². The van der Waals surface area contributed by atoms with Crippen molar-refractivity contribution in [1.29, 1.82) is 0 Å². The summed E-state index contributed by atoms with van der Waals surface area (Å²) in [6, 6.07) is 9.40. The molecule has 1 fully saturated rings. The third-order valence-corrected chi connectivity index (χ3v) is 5.77. The summed E-state index contributed by atoms with van der Waals surface area (Å²) >= 11 is 1.52. The number of carbonyl (C=O) groups excluding carboxylic acids is 1. The first kappa shape index (κ1) is 20.4. The van der Waals surface area contributed by atoms with Crippen LogP contribution in [0.5, 0.6) is 5.75 Å². The number of nitrogens with zero attached hydrogens (tertiary/aromatic N) is 3. The SMILES string of the molecule is COc1c(C(=O)NC(C)(C)c2nnc(-c3cccs3)o2)cccc1N1CCOCC1. The molecule has 1 aliphatic rings. The number of methoxy groups -OCH3 is 1. The standard InChI is InChI=1S/C21H24N4O4S/c1-21(2,20-24-23-19(29-20)16-8-5-13-30-16)22-18(26)14-6-4-7-15(17(14)27-3)25-9-11-28-12-10-25/h4-8,13H,9-12H2,1-3H3,(H,22,26). The Labute approximate surface area is 178 Å². The zero-order chi connectivity index (χ0) is 21.1. The Morgan fingerprint density at radius 3 is 2.70 bits per heavy atom. The van der Waals surface area contributed by atoms with Crippen molar-refractivity contribution in [2.75, 3.05) is 38.3 Å². The minimum atomic E-state index is -0.862. The summed E-state index contributed by atoms with van der Waals surface area (Å²) < 4.78 is 16.9. The molecule has 158 valence electrons. The average molecular weight is 429 g/mol. The number of hydrogen-bond donors (Lipinski definition) is 1. The molecule has 0 atom stereocenters. The predicted molar refractivity (Wildman–Crippen MR) is 114 cm³/mol. The molecule has 30 heavy (non-hydrogen) atoms. The van der Waals surface area contributed by atoms with Crippen molar-refractivity contribution in [3.05, 3.63) is 47.2 Å². The third-order valence-electron chi connectivity index (χ3n) is 4.91. The normalized spacial score (nSPS) is 14.6. The molecule has 0 unspecified atom stereocenters. The molecule has 0 saturated carbocycles. The van der Waals surface area contributed by atoms with Crippen molar-refractivity contribution in [2.45, 2.75) is 19.4 Å². The van der Waals surface area contributed by atoms with Gasteiger partial charge in [-0.2, -0.15) is 0 Å². The minimum Gasteiger partial charge on any atom is -0.494 e. The average Bonchev–Trinajstić information content (AvgIpc) is 3.45. The fourth-order valence-corrected chi connectivity index (χ4v) is 4.00. The topological polar surface area (TPSA) is 89.7 Å². The summed E-state index contributed by atoms with van der Waals surface area (Å²) in [6.45, 7) is 6.46. The van der Waals surface area contributed by atoms with Crippen molar-refractivity contribution >= 4 is 22.9 Å². The number of carbonyl (C=O) groups is 1. The second kappa shape index (κ2) is 8.45. The molecule has 1 saturated heterocycles. The molecule has 1 amide bonds. The van der Waals surface area contributed by atoms with Crippen LogP contribution >= 0.6 is 11.3 Å². The van der Waals surface area contributed by atoms with E-state index in [0.29, 0.717) is 36.3 Å². The first-order valence-electron chi connectivity index (χ1n) is 9.69. The maximum atomic E-state index is 13.2. The highest BCUT2D eigenvalue weighted by atomic mass is 32.1. The molecule has 0 radical (unpaired) electrons. The van der Waals surface area contributed by atoms with Gasteiger partial charge in [0.1, 0.15) is 5.54 Å². The molecule has 2 aromatic heterocycles. The lowest BCUT2D eigenvalue weighted by atomic mass is 10.0. The van der Waals surface area contributed by atoms with Crippen LogP contribution in [-0.2, 0) is 10.3 Å². The summed E-state index contributed by atoms with van der Waals surface area (Å²) in [5.74, 6) is 1.04. The number of hydrogen-bond acceptors (Lipinski definition) is 8. The van der Waals surface area contributed by atoms with Crippen molar-refractivity contribution < 1.29 is 18.7 Å². The number of ether oxygens (including phenoxy) is 2. The summed E-state index contributed by atoms with van der Waals surface area (Å²) in [5, 5.41) is 13.2. The Bertz CT molecular complexity index is 1010. The van der Waals surface area contributed by atoms with Crippen LogP contribution < -0.4 is 15.0 Å². The van der Waals surface area contributed by atoms with E-state index in [1.807, 2.05) is 43.5 Å². The maximum absolute atomic E-state index is 13.2. The molecule has 0 spiro atoms. The van der Waals surface area contributed by atoms with Gasteiger partial charge >= 0.3 is 0 Å². The van der Waals surface area contributed by atoms with Gasteiger partial charge in [0.25, 0.3) is 11.8 Å². The van der Waals surface area contributed by atoms with Crippen molar-refractivity contribution in [2.24, 2.45) is 0 Å². The van der Waals surface area contributed by atoms with Gasteiger partial charge in [-0.1, -0.05) is 12.1 Å². The molecule has 3 aromatic rings. The number of nitrogens with one attached hydrogen (secondary N) is 1. The van der Waals surface area contributed by atoms with E-state index in [4.69, 9.17) is 13.9 Å². The number of aromatic nitrogens is 2. The molecule has 1 aromatic carbocycles. The fraction of sp³-hybridized carbons (Fsp3) is 0.381. The highest BCUT2D eigenvalue weighted by Gasteiger charge is 2.31. The van der Waals surface area contributed by atoms with Crippen LogP contribution in [0.25, 0.3) is 10.8 Å². The van der Waals surface area contributed by atoms with Crippen LogP contribution in [0.1, 0.15) is 30.1 Å². The third kappa shape index (κ3) is 4.03. The first-order chi connectivity index (χ1) is 14.5. The lowest BCUT2D eigenvalue weighted by molar-refractivity contribution is 0.0896. The van der Waals surface area contributed by atoms with E-state index < -0.39 is 5.54 Å². The highest BCUT2D eigenvalue weighted by Crippen LogP contribution is 2.33. The largest absolute Gasteiger partial charge is 0.494 e. The fourth-order valence-electron chi connectivity index (χ4n) is 3.35. The van der Waals surface area contributed by atoms with Crippen LogP contribution in [0, 0.1) is 0 Å². The van der Waals surface area contributed by atoms with Crippen LogP contribution in [0.2, 0.25) is 0 Å². The van der Waals surface area contributed by atoms with Gasteiger partial charge in [0.15, 0.2) is 5.75 Å². The van der Waals surface area contributed by atoms with Gasteiger partial charge in [-0.05, 0) is 37.4 Å². The summed E-state index contributed by atoms with van der Waals surface area (Å²) in [5.41, 5.74) is 0.469. The summed E-state index contributed by atoms with van der Waals surface area (Å²) in [4.78, 5) is 16.2.